The number of carbonyl (C=O) groups excluding carboxylic acids is 2. The largest absolute Gasteiger partial charge is 0.490 e. The summed E-state index contributed by atoms with van der Waals surface area (Å²) < 4.78 is 9.36. The van der Waals surface area contributed by atoms with Gasteiger partial charge in [0, 0.05) is 67.3 Å². The summed E-state index contributed by atoms with van der Waals surface area (Å²) in [5.74, 6) is 1.75. The number of aryl methyl sites for hydroxylation is 1. The summed E-state index contributed by atoms with van der Waals surface area (Å²) in [5, 5.41) is 8.18. The Morgan fingerprint density at radius 2 is 1.82 bits per heavy atom. The van der Waals surface area contributed by atoms with Crippen LogP contribution in [0.5, 0.6) is 5.75 Å². The second-order valence-electron chi connectivity index (χ2n) is 13.3. The van der Waals surface area contributed by atoms with Crippen LogP contribution in [-0.2, 0) is 16.6 Å². The van der Waals surface area contributed by atoms with Gasteiger partial charge in [-0.1, -0.05) is 35.3 Å². The first-order valence-corrected chi connectivity index (χ1v) is 17.2. The molecule has 3 aliphatic rings. The molecular formula is C35H46BrN5O3. The van der Waals surface area contributed by atoms with Crippen LogP contribution >= 0.6 is 15.9 Å². The Hall–Kier alpha value is -2.91. The fourth-order valence-corrected chi connectivity index (χ4v) is 7.70. The number of piperidine rings is 1. The molecule has 2 amide bonds. The lowest BCUT2D eigenvalue weighted by Gasteiger charge is -2.37. The quantitative estimate of drug-likeness (QED) is 0.269. The van der Waals surface area contributed by atoms with Gasteiger partial charge in [0.05, 0.1) is 23.2 Å². The molecule has 2 atom stereocenters. The van der Waals surface area contributed by atoms with Gasteiger partial charge in [0.25, 0.3) is 0 Å². The Bertz CT molecular complexity index is 1490. The van der Waals surface area contributed by atoms with Crippen molar-refractivity contribution < 1.29 is 14.3 Å². The molecule has 2 saturated heterocycles. The fourth-order valence-electron chi connectivity index (χ4n) is 7.36. The molecule has 236 valence electrons. The number of aromatic nitrogens is 2. The molecule has 3 aromatic rings. The number of amides is 2. The monoisotopic (exact) mass is 663 g/mol. The summed E-state index contributed by atoms with van der Waals surface area (Å²) in [4.78, 5) is 29.2. The van der Waals surface area contributed by atoms with Gasteiger partial charge < -0.3 is 9.64 Å². The predicted octanol–water partition coefficient (Wildman–Crippen LogP) is 6.34. The number of anilines is 1. The third kappa shape index (κ3) is 6.99. The third-order valence-electron chi connectivity index (χ3n) is 10.1. The highest BCUT2D eigenvalue weighted by Crippen LogP contribution is 2.35. The zero-order valence-corrected chi connectivity index (χ0v) is 27.9. The molecule has 3 heterocycles. The third-order valence-corrected chi connectivity index (χ3v) is 11.0. The van der Waals surface area contributed by atoms with Gasteiger partial charge in [0.2, 0.25) is 11.8 Å². The van der Waals surface area contributed by atoms with Crippen LogP contribution in [0.2, 0.25) is 0 Å². The van der Waals surface area contributed by atoms with Gasteiger partial charge in [0.1, 0.15) is 5.75 Å². The molecule has 3 fully saturated rings. The minimum absolute atomic E-state index is 0.196. The van der Waals surface area contributed by atoms with Crippen molar-refractivity contribution in [1.29, 1.82) is 0 Å². The topological polar surface area (TPSA) is 79.7 Å². The van der Waals surface area contributed by atoms with Gasteiger partial charge >= 0.3 is 0 Å². The predicted molar refractivity (Wildman–Crippen MR) is 178 cm³/mol. The first-order chi connectivity index (χ1) is 21.2. The Kier molecular flexibility index (Phi) is 9.62. The van der Waals surface area contributed by atoms with Gasteiger partial charge in [-0.2, -0.15) is 5.10 Å². The SMILES string of the molecule is Cc1c(Br)cccc1OC1CCC(CC[C@@H](C)CN2CCN(c3ccc4c(C5CCC(=O)NC5=O)nn(C)c4c3)CC2)CC1. The highest BCUT2D eigenvalue weighted by atomic mass is 79.9. The van der Waals surface area contributed by atoms with Crippen LogP contribution < -0.4 is 15.0 Å². The van der Waals surface area contributed by atoms with Gasteiger partial charge in [0.15, 0.2) is 0 Å². The number of ether oxygens (including phenoxy) is 1. The van der Waals surface area contributed by atoms with Crippen LogP contribution in [0.3, 0.4) is 0 Å². The second-order valence-corrected chi connectivity index (χ2v) is 14.2. The maximum atomic E-state index is 12.5. The number of imide groups is 1. The first kappa shape index (κ1) is 31.1. The lowest BCUT2D eigenvalue weighted by molar-refractivity contribution is -0.134. The number of nitrogens with one attached hydrogen (secondary N) is 1. The van der Waals surface area contributed by atoms with Gasteiger partial charge in [-0.25, -0.2) is 0 Å². The van der Waals surface area contributed by atoms with Crippen LogP contribution in [0.25, 0.3) is 10.9 Å². The summed E-state index contributed by atoms with van der Waals surface area (Å²) in [6.45, 7) is 9.89. The lowest BCUT2D eigenvalue weighted by atomic mass is 9.83. The smallest absolute Gasteiger partial charge is 0.235 e. The number of carbonyl (C=O) groups is 2. The Balaban J connectivity index is 0.941. The summed E-state index contributed by atoms with van der Waals surface area (Å²) in [5.41, 5.74) is 4.20. The van der Waals surface area contributed by atoms with E-state index < -0.39 is 0 Å². The number of fused-ring (bicyclic) bond motifs is 1. The molecule has 8 nitrogen and oxygen atoms in total. The van der Waals surface area contributed by atoms with E-state index in [1.807, 2.05) is 11.7 Å². The molecule has 1 saturated carbocycles. The highest BCUT2D eigenvalue weighted by molar-refractivity contribution is 9.10. The van der Waals surface area contributed by atoms with E-state index in [1.54, 1.807) is 0 Å². The van der Waals surface area contributed by atoms with Crippen molar-refractivity contribution >= 4 is 44.3 Å². The molecule has 0 radical (unpaired) electrons. The van der Waals surface area contributed by atoms with E-state index in [9.17, 15) is 9.59 Å². The first-order valence-electron chi connectivity index (χ1n) is 16.4. The molecule has 44 heavy (non-hydrogen) atoms. The molecule has 1 N–H and O–H groups in total. The summed E-state index contributed by atoms with van der Waals surface area (Å²) in [6, 6.07) is 12.7. The van der Waals surface area contributed by atoms with E-state index in [4.69, 9.17) is 9.84 Å². The van der Waals surface area contributed by atoms with E-state index in [0.29, 0.717) is 24.9 Å². The van der Waals surface area contributed by atoms with E-state index in [0.717, 1.165) is 71.8 Å². The minimum Gasteiger partial charge on any atom is -0.490 e. The number of hydrogen-bond donors (Lipinski definition) is 1. The normalized spacial score (nSPS) is 24.0. The molecule has 1 unspecified atom stereocenters. The van der Waals surface area contributed by atoms with Crippen molar-refractivity contribution in [2.75, 3.05) is 37.6 Å². The van der Waals surface area contributed by atoms with Gasteiger partial charge in [-0.05, 0) is 87.6 Å². The number of piperazine rings is 1. The van der Waals surface area contributed by atoms with Crippen molar-refractivity contribution in [3.8, 4) is 5.75 Å². The van der Waals surface area contributed by atoms with Crippen LogP contribution in [0, 0.1) is 18.8 Å². The Morgan fingerprint density at radius 1 is 1.05 bits per heavy atom. The van der Waals surface area contributed by atoms with Crippen molar-refractivity contribution in [1.82, 2.24) is 20.0 Å². The molecule has 2 aromatic carbocycles. The number of hydrogen-bond acceptors (Lipinski definition) is 6. The maximum absolute atomic E-state index is 12.5. The average Bonchev–Trinajstić information content (AvgIpc) is 3.34. The fraction of sp³-hybridized carbons (Fsp3) is 0.571. The Morgan fingerprint density at radius 3 is 2.57 bits per heavy atom. The summed E-state index contributed by atoms with van der Waals surface area (Å²) >= 11 is 3.62. The highest BCUT2D eigenvalue weighted by Gasteiger charge is 2.32. The molecule has 1 aromatic heterocycles. The number of benzene rings is 2. The van der Waals surface area contributed by atoms with E-state index in [-0.39, 0.29) is 17.7 Å². The number of rotatable bonds is 9. The molecule has 6 rings (SSSR count). The molecule has 2 aliphatic heterocycles. The van der Waals surface area contributed by atoms with Crippen molar-refractivity contribution in [2.45, 2.75) is 77.2 Å². The zero-order valence-electron chi connectivity index (χ0n) is 26.4. The number of nitrogens with zero attached hydrogens (tertiary/aromatic N) is 4. The van der Waals surface area contributed by atoms with Gasteiger partial charge in [-0.15, -0.1) is 0 Å². The lowest BCUT2D eigenvalue weighted by Crippen LogP contribution is -2.47. The average molecular weight is 665 g/mol. The van der Waals surface area contributed by atoms with E-state index in [1.165, 1.54) is 43.5 Å². The van der Waals surface area contributed by atoms with Crippen molar-refractivity contribution in [3.05, 3.63) is 52.1 Å². The molecule has 1 aliphatic carbocycles. The van der Waals surface area contributed by atoms with Crippen LogP contribution in [-0.4, -0.2) is 65.3 Å². The van der Waals surface area contributed by atoms with E-state index in [2.05, 4.69) is 81.3 Å². The van der Waals surface area contributed by atoms with Crippen molar-refractivity contribution in [2.24, 2.45) is 18.9 Å². The maximum Gasteiger partial charge on any atom is 0.235 e. The van der Waals surface area contributed by atoms with Crippen LogP contribution in [0.1, 0.15) is 75.5 Å². The summed E-state index contributed by atoms with van der Waals surface area (Å²) in [7, 11) is 1.94. The Labute approximate surface area is 269 Å². The standard InChI is InChI=1S/C35H46BrN5O3/c1-23(7-8-25-9-12-27(13-10-25)44-32-6-4-5-30(36)24(32)2)22-40-17-19-41(20-18-40)26-11-14-28-31(21-26)39(3)38-34(28)29-15-16-33(42)37-35(29)43/h4-6,11,14,21,23,25,27,29H,7-10,12-13,15-20,22H2,1-3H3,(H,37,42,43)/t23-,25?,27?,29?/m1/s1. The molecule has 0 bridgehead atoms. The van der Waals surface area contributed by atoms with Crippen molar-refractivity contribution in [3.63, 3.8) is 0 Å². The number of halogens is 1. The van der Waals surface area contributed by atoms with E-state index >= 15 is 0 Å². The molecule has 0 spiro atoms. The minimum atomic E-state index is -0.372. The van der Waals surface area contributed by atoms with Crippen LogP contribution in [0.4, 0.5) is 5.69 Å². The molecule has 9 heteroatoms. The zero-order chi connectivity index (χ0) is 30.8. The van der Waals surface area contributed by atoms with Crippen LogP contribution in [0.15, 0.2) is 40.9 Å². The molecular weight excluding hydrogens is 618 g/mol. The second kappa shape index (κ2) is 13.6. The summed E-state index contributed by atoms with van der Waals surface area (Å²) in [6.07, 6.45) is 8.73. The van der Waals surface area contributed by atoms with Gasteiger partial charge in [-0.3, -0.25) is 24.5 Å².